The van der Waals surface area contributed by atoms with E-state index in [0.717, 1.165) is 76.7 Å². The van der Waals surface area contributed by atoms with Crippen LogP contribution in [0.1, 0.15) is 90.0 Å². The van der Waals surface area contributed by atoms with Crippen molar-refractivity contribution in [3.63, 3.8) is 0 Å². The van der Waals surface area contributed by atoms with E-state index >= 15 is 0 Å². The van der Waals surface area contributed by atoms with E-state index in [2.05, 4.69) is 151 Å². The first-order valence-corrected chi connectivity index (χ1v) is 29.2. The van der Waals surface area contributed by atoms with Crippen LogP contribution in [0.5, 0.6) is 0 Å². The molecule has 0 saturated carbocycles. The zero-order valence-electron chi connectivity index (χ0n) is 55.8. The summed E-state index contributed by atoms with van der Waals surface area (Å²) in [7, 11) is 0. The average molecular weight is 1100 g/mol. The van der Waals surface area contributed by atoms with Gasteiger partial charge in [0.05, 0.1) is 38.7 Å². The minimum atomic E-state index is -0.497. The number of para-hydroxylation sites is 3. The van der Waals surface area contributed by atoms with Gasteiger partial charge in [0.2, 0.25) is 6.71 Å². The summed E-state index contributed by atoms with van der Waals surface area (Å²) in [5.74, 6) is 1.46. The van der Waals surface area contributed by atoms with Gasteiger partial charge in [-0.25, -0.2) is 15.0 Å². The second kappa shape index (κ2) is 18.8. The molecule has 0 spiro atoms. The first-order chi connectivity index (χ1) is 43.4. The van der Waals surface area contributed by atoms with Crippen molar-refractivity contribution in [3.05, 3.63) is 235 Å². The fraction of sp³-hybridized carbons (Fsp3) is 0.160. The van der Waals surface area contributed by atoms with Crippen LogP contribution in [0, 0.1) is 0 Å². The third-order valence-corrected chi connectivity index (χ3v) is 17.9. The molecule has 0 fully saturated rings. The summed E-state index contributed by atoms with van der Waals surface area (Å²) in [6.07, 6.45) is 0. The number of nitrogens with zero attached hydrogens (tertiary/aromatic N) is 6. The monoisotopic (exact) mass is 1100 g/mol. The molecule has 0 N–H and O–H groups in total. The van der Waals surface area contributed by atoms with E-state index < -0.39 is 36.3 Å². The molecule has 0 unspecified atom stereocenters. The lowest BCUT2D eigenvalue weighted by atomic mass is 9.34. The zero-order valence-corrected chi connectivity index (χ0v) is 48.7. The number of anilines is 3. The lowest BCUT2D eigenvalue weighted by molar-refractivity contribution is 0.589. The van der Waals surface area contributed by atoms with Gasteiger partial charge in [0.25, 0.3) is 0 Å². The molecule has 3 aromatic heterocycles. The predicted octanol–water partition coefficient (Wildman–Crippen LogP) is 17.7. The summed E-state index contributed by atoms with van der Waals surface area (Å²) in [6, 6.07) is 55.9. The largest absolute Gasteiger partial charge is 0.311 e. The SMILES string of the molecule is [2H]c1c([2H])c([2H])c2c(c1[2H])c1c([2H])c([2H])c([2H])c([2H])c1n2-c1ccc2c(c1)N(c1ccccc1-c1nc(-c3ccccc3)nc(-c3ccccc3)n1)c1cc(C(C)(C)C)cc3c1B2c1ccc(-n2c4ccc(C(C)(C)C)cc4c4cc(C(C)(C)C)ccc42)cc1S3. The van der Waals surface area contributed by atoms with Crippen molar-refractivity contribution >= 4 is 95.5 Å². The van der Waals surface area contributed by atoms with Gasteiger partial charge in [0.1, 0.15) is 0 Å². The maximum atomic E-state index is 9.56. The normalized spacial score (nSPS) is 14.6. The first kappa shape index (κ1) is 42.8. The maximum Gasteiger partial charge on any atom is 0.249 e. The second-order valence-corrected chi connectivity index (χ2v) is 26.2. The lowest BCUT2D eigenvalue weighted by Gasteiger charge is -2.42. The molecule has 5 heterocycles. The van der Waals surface area contributed by atoms with Crippen LogP contribution in [0.3, 0.4) is 0 Å². The van der Waals surface area contributed by atoms with Crippen molar-refractivity contribution in [1.29, 1.82) is 0 Å². The molecule has 0 amide bonds. The van der Waals surface area contributed by atoms with Crippen LogP contribution < -0.4 is 21.3 Å². The molecule has 402 valence electrons. The topological polar surface area (TPSA) is 51.8 Å². The van der Waals surface area contributed by atoms with Crippen LogP contribution in [-0.2, 0) is 16.2 Å². The zero-order chi connectivity index (χ0) is 63.6. The Morgan fingerprint density at radius 2 is 0.904 bits per heavy atom. The number of hydrogen-bond donors (Lipinski definition) is 0. The van der Waals surface area contributed by atoms with Gasteiger partial charge in [-0.1, -0.05) is 213 Å². The molecule has 0 atom stereocenters. The molecular formula is C75H63BN6S. The van der Waals surface area contributed by atoms with Crippen LogP contribution in [0.4, 0.5) is 17.1 Å². The summed E-state index contributed by atoms with van der Waals surface area (Å²) in [5, 5.41) is 2.44. The smallest absolute Gasteiger partial charge is 0.249 e. The Hall–Kier alpha value is -8.98. The average Bonchev–Trinajstić information content (AvgIpc) is 1.70. The van der Waals surface area contributed by atoms with E-state index in [0.29, 0.717) is 28.7 Å². The van der Waals surface area contributed by atoms with E-state index in [4.69, 9.17) is 20.4 Å². The van der Waals surface area contributed by atoms with E-state index in [1.165, 1.54) is 21.9 Å². The van der Waals surface area contributed by atoms with Gasteiger partial charge in [0.15, 0.2) is 17.5 Å². The number of hydrogen-bond acceptors (Lipinski definition) is 5. The minimum Gasteiger partial charge on any atom is -0.311 e. The van der Waals surface area contributed by atoms with Gasteiger partial charge in [-0.3, -0.25) is 0 Å². The Morgan fingerprint density at radius 1 is 0.398 bits per heavy atom. The molecular weight excluding hydrogens is 1030 g/mol. The molecule has 83 heavy (non-hydrogen) atoms. The fourth-order valence-electron chi connectivity index (χ4n) is 12.4. The van der Waals surface area contributed by atoms with Crippen LogP contribution in [0.15, 0.2) is 228 Å². The highest BCUT2D eigenvalue weighted by Gasteiger charge is 2.43. The van der Waals surface area contributed by atoms with Crippen molar-refractivity contribution < 1.29 is 11.0 Å². The number of fused-ring (bicyclic) bond motifs is 10. The summed E-state index contributed by atoms with van der Waals surface area (Å²) in [4.78, 5) is 20.2. The molecule has 6 nitrogen and oxygen atoms in total. The van der Waals surface area contributed by atoms with Crippen molar-refractivity contribution in [2.75, 3.05) is 4.90 Å². The Bertz CT molecular complexity index is 5070. The van der Waals surface area contributed by atoms with Crippen molar-refractivity contribution in [2.24, 2.45) is 0 Å². The molecule has 0 radical (unpaired) electrons. The fourth-order valence-corrected chi connectivity index (χ4v) is 13.6. The van der Waals surface area contributed by atoms with Gasteiger partial charge < -0.3 is 14.0 Å². The molecule has 2 aliphatic heterocycles. The molecule has 15 rings (SSSR count). The summed E-state index contributed by atoms with van der Waals surface area (Å²) >= 11 is 1.78. The van der Waals surface area contributed by atoms with Gasteiger partial charge in [0, 0.05) is 70.8 Å². The van der Waals surface area contributed by atoms with Crippen molar-refractivity contribution in [3.8, 4) is 45.5 Å². The molecule has 0 saturated heterocycles. The number of aromatic nitrogens is 5. The van der Waals surface area contributed by atoms with Crippen LogP contribution in [-0.4, -0.2) is 30.8 Å². The van der Waals surface area contributed by atoms with Crippen LogP contribution in [0.2, 0.25) is 0 Å². The van der Waals surface area contributed by atoms with Gasteiger partial charge in [-0.2, -0.15) is 0 Å². The standard InChI is InChI=1S/C75H63BN6S/c1-73(2,3)48-32-38-63-56(40-48)57-41-49(74(4,5)6)33-39-64(57)81(63)52-35-37-59-67(45-52)83-68-43-50(75(7,8)9)42-66-69(68)76(59)58-36-34-51(80-60-29-19-16-26-53(60)54-27-17-20-30-61(54)80)44-65(58)82(66)62-31-21-18-28-55(62)72-78-70(46-22-12-10-13-23-46)77-71(79-72)47-24-14-11-15-25-47/h10-45H,1-9H3/i16D,17D,19D,20D,26D,27D,29D,30D. The predicted molar refractivity (Wildman–Crippen MR) is 351 cm³/mol. The summed E-state index contributed by atoms with van der Waals surface area (Å²) in [5.41, 5.74) is 15.0. The third kappa shape index (κ3) is 8.35. The highest BCUT2D eigenvalue weighted by molar-refractivity contribution is 8.00. The van der Waals surface area contributed by atoms with E-state index in [9.17, 15) is 5.48 Å². The minimum absolute atomic E-state index is 0.0116. The molecule has 0 bridgehead atoms. The highest BCUT2D eigenvalue weighted by atomic mass is 32.2. The quantitative estimate of drug-likeness (QED) is 0.155. The molecule has 0 aliphatic carbocycles. The number of rotatable bonds is 6. The molecule has 13 aromatic rings. The number of benzene rings is 10. The highest BCUT2D eigenvalue weighted by Crippen LogP contribution is 2.48. The maximum absolute atomic E-state index is 9.56. The second-order valence-electron chi connectivity index (χ2n) is 25.1. The van der Waals surface area contributed by atoms with E-state index in [1.807, 2.05) is 91.0 Å². The van der Waals surface area contributed by atoms with Gasteiger partial charge in [-0.15, -0.1) is 0 Å². The van der Waals surface area contributed by atoms with Crippen molar-refractivity contribution in [1.82, 2.24) is 24.1 Å². The van der Waals surface area contributed by atoms with Crippen LogP contribution in [0.25, 0.3) is 89.2 Å². The van der Waals surface area contributed by atoms with E-state index in [1.54, 1.807) is 16.3 Å². The summed E-state index contributed by atoms with van der Waals surface area (Å²) in [6.45, 7) is 20.0. The first-order valence-electron chi connectivity index (χ1n) is 32.4. The Kier molecular flexibility index (Phi) is 9.69. The Balaban J connectivity index is 1.03. The molecule has 10 aromatic carbocycles. The molecule has 2 aliphatic rings. The Labute approximate surface area is 501 Å². The van der Waals surface area contributed by atoms with Crippen molar-refractivity contribution in [2.45, 2.75) is 88.3 Å². The Morgan fingerprint density at radius 3 is 1.48 bits per heavy atom. The third-order valence-electron chi connectivity index (χ3n) is 16.7. The summed E-state index contributed by atoms with van der Waals surface area (Å²) < 4.78 is 77.6. The van der Waals surface area contributed by atoms with Gasteiger partial charge >= 0.3 is 0 Å². The van der Waals surface area contributed by atoms with Crippen LogP contribution >= 0.6 is 11.8 Å². The molecule has 8 heteroatoms. The van der Waals surface area contributed by atoms with E-state index in [-0.39, 0.29) is 56.8 Å². The van der Waals surface area contributed by atoms with Gasteiger partial charge in [-0.05, 0) is 129 Å². The lowest BCUT2D eigenvalue weighted by Crippen LogP contribution is -2.60.